The fraction of sp³-hybridized carbons (Fsp3) is 0.353. The first-order valence-corrected chi connectivity index (χ1v) is 7.10. The molecule has 1 aromatic carbocycles. The van der Waals surface area contributed by atoms with Gasteiger partial charge >= 0.3 is 0 Å². The molecule has 106 valence electrons. The van der Waals surface area contributed by atoms with E-state index in [4.69, 9.17) is 5.73 Å². The third-order valence-electron chi connectivity index (χ3n) is 3.40. The lowest BCUT2D eigenvalue weighted by molar-refractivity contribution is 0.660. The van der Waals surface area contributed by atoms with Crippen molar-refractivity contribution >= 4 is 5.82 Å². The summed E-state index contributed by atoms with van der Waals surface area (Å²) in [6.45, 7) is 7.21. The van der Waals surface area contributed by atoms with Crippen molar-refractivity contribution in [3.63, 3.8) is 0 Å². The standard InChI is InChI=1S/C17H23N3/c1-13(2)20(12-15-8-5-4-6-9-15)17-16(14(3)18)10-7-11-19-17/h4-11,13-14H,12,18H2,1-3H3/t14-/m0/s1. The van der Waals surface area contributed by atoms with E-state index in [9.17, 15) is 0 Å². The van der Waals surface area contributed by atoms with Crippen LogP contribution in [-0.2, 0) is 6.54 Å². The molecule has 0 unspecified atom stereocenters. The molecule has 2 rings (SSSR count). The van der Waals surface area contributed by atoms with Crippen LogP contribution in [0.3, 0.4) is 0 Å². The molecule has 0 bridgehead atoms. The van der Waals surface area contributed by atoms with Gasteiger partial charge in [0.25, 0.3) is 0 Å². The van der Waals surface area contributed by atoms with Gasteiger partial charge in [0.2, 0.25) is 0 Å². The lowest BCUT2D eigenvalue weighted by atomic mass is 10.1. The third-order valence-corrected chi connectivity index (χ3v) is 3.40. The number of rotatable bonds is 5. The Kier molecular flexibility index (Phi) is 4.74. The number of nitrogens with zero attached hydrogens (tertiary/aromatic N) is 2. The van der Waals surface area contributed by atoms with Crippen LogP contribution >= 0.6 is 0 Å². The Balaban J connectivity index is 2.34. The molecule has 0 aliphatic rings. The average molecular weight is 269 g/mol. The van der Waals surface area contributed by atoms with Gasteiger partial charge in [-0.05, 0) is 32.4 Å². The summed E-state index contributed by atoms with van der Waals surface area (Å²) in [6, 6.07) is 14.8. The maximum Gasteiger partial charge on any atom is 0.133 e. The highest BCUT2D eigenvalue weighted by Gasteiger charge is 2.17. The van der Waals surface area contributed by atoms with Crippen molar-refractivity contribution in [1.29, 1.82) is 0 Å². The molecule has 0 amide bonds. The number of benzene rings is 1. The quantitative estimate of drug-likeness (QED) is 0.903. The van der Waals surface area contributed by atoms with Crippen molar-refractivity contribution in [3.05, 3.63) is 59.8 Å². The Labute approximate surface area is 121 Å². The molecule has 3 heteroatoms. The Morgan fingerprint density at radius 1 is 1.05 bits per heavy atom. The maximum absolute atomic E-state index is 6.08. The van der Waals surface area contributed by atoms with Crippen molar-refractivity contribution in [1.82, 2.24) is 4.98 Å². The van der Waals surface area contributed by atoms with Crippen LogP contribution in [0.4, 0.5) is 5.82 Å². The van der Waals surface area contributed by atoms with E-state index in [1.807, 2.05) is 25.3 Å². The molecule has 0 saturated heterocycles. The highest BCUT2D eigenvalue weighted by Crippen LogP contribution is 2.25. The molecular formula is C17H23N3. The monoisotopic (exact) mass is 269 g/mol. The predicted octanol–water partition coefficient (Wildman–Crippen LogP) is 3.52. The first kappa shape index (κ1) is 14.5. The van der Waals surface area contributed by atoms with Crippen LogP contribution in [0.5, 0.6) is 0 Å². The van der Waals surface area contributed by atoms with Crippen LogP contribution in [0.15, 0.2) is 48.7 Å². The predicted molar refractivity (Wildman–Crippen MR) is 84.6 cm³/mol. The highest BCUT2D eigenvalue weighted by atomic mass is 15.2. The summed E-state index contributed by atoms with van der Waals surface area (Å²) in [7, 11) is 0. The SMILES string of the molecule is CC(C)N(Cc1ccccc1)c1ncccc1[C@H](C)N. The summed E-state index contributed by atoms with van der Waals surface area (Å²) in [5, 5.41) is 0. The van der Waals surface area contributed by atoms with E-state index in [2.05, 4.69) is 54.1 Å². The van der Waals surface area contributed by atoms with E-state index in [1.165, 1.54) is 5.56 Å². The first-order chi connectivity index (χ1) is 9.59. The van der Waals surface area contributed by atoms with E-state index >= 15 is 0 Å². The Bertz CT molecular complexity index is 535. The Hall–Kier alpha value is -1.87. The zero-order valence-corrected chi connectivity index (χ0v) is 12.5. The van der Waals surface area contributed by atoms with Gasteiger partial charge in [-0.3, -0.25) is 0 Å². The maximum atomic E-state index is 6.08. The van der Waals surface area contributed by atoms with E-state index in [1.54, 1.807) is 0 Å². The topological polar surface area (TPSA) is 42.2 Å². The lowest BCUT2D eigenvalue weighted by Gasteiger charge is -2.30. The van der Waals surface area contributed by atoms with E-state index < -0.39 is 0 Å². The first-order valence-electron chi connectivity index (χ1n) is 7.10. The minimum absolute atomic E-state index is 0.0178. The summed E-state index contributed by atoms with van der Waals surface area (Å²) in [5.41, 5.74) is 8.45. The molecule has 0 spiro atoms. The van der Waals surface area contributed by atoms with Crippen LogP contribution in [0.2, 0.25) is 0 Å². The van der Waals surface area contributed by atoms with Crippen LogP contribution in [0.25, 0.3) is 0 Å². The zero-order chi connectivity index (χ0) is 14.5. The number of anilines is 1. The average Bonchev–Trinajstić information content (AvgIpc) is 2.45. The number of nitrogens with two attached hydrogens (primary N) is 1. The lowest BCUT2D eigenvalue weighted by Crippen LogP contribution is -2.32. The van der Waals surface area contributed by atoms with Gasteiger partial charge in [-0.2, -0.15) is 0 Å². The minimum atomic E-state index is -0.0178. The van der Waals surface area contributed by atoms with E-state index in [0.29, 0.717) is 6.04 Å². The largest absolute Gasteiger partial charge is 0.350 e. The van der Waals surface area contributed by atoms with Crippen LogP contribution in [-0.4, -0.2) is 11.0 Å². The second-order valence-electron chi connectivity index (χ2n) is 5.41. The third kappa shape index (κ3) is 3.36. The molecule has 1 aromatic heterocycles. The van der Waals surface area contributed by atoms with Gasteiger partial charge in [-0.1, -0.05) is 36.4 Å². The highest BCUT2D eigenvalue weighted by molar-refractivity contribution is 5.49. The Morgan fingerprint density at radius 3 is 2.35 bits per heavy atom. The molecular weight excluding hydrogens is 246 g/mol. The van der Waals surface area contributed by atoms with Gasteiger partial charge in [0.15, 0.2) is 0 Å². The Morgan fingerprint density at radius 2 is 1.75 bits per heavy atom. The fourth-order valence-corrected chi connectivity index (χ4v) is 2.29. The molecule has 1 heterocycles. The van der Waals surface area contributed by atoms with Gasteiger partial charge in [0.1, 0.15) is 5.82 Å². The number of aromatic nitrogens is 1. The number of hydrogen-bond donors (Lipinski definition) is 1. The van der Waals surface area contributed by atoms with Crippen molar-refractivity contribution in [3.8, 4) is 0 Å². The van der Waals surface area contributed by atoms with Crippen molar-refractivity contribution in [2.24, 2.45) is 5.73 Å². The summed E-state index contributed by atoms with van der Waals surface area (Å²) in [6.07, 6.45) is 1.83. The van der Waals surface area contributed by atoms with E-state index in [0.717, 1.165) is 17.9 Å². The van der Waals surface area contributed by atoms with Gasteiger partial charge in [0.05, 0.1) is 0 Å². The van der Waals surface area contributed by atoms with Gasteiger partial charge in [-0.15, -0.1) is 0 Å². The summed E-state index contributed by atoms with van der Waals surface area (Å²) < 4.78 is 0. The van der Waals surface area contributed by atoms with Gasteiger partial charge < -0.3 is 10.6 Å². The molecule has 1 atom stereocenters. The molecule has 0 aliphatic carbocycles. The van der Waals surface area contributed by atoms with Crippen molar-refractivity contribution in [2.75, 3.05) is 4.90 Å². The zero-order valence-electron chi connectivity index (χ0n) is 12.5. The summed E-state index contributed by atoms with van der Waals surface area (Å²) in [5.74, 6) is 0.987. The molecule has 3 nitrogen and oxygen atoms in total. The number of hydrogen-bond acceptors (Lipinski definition) is 3. The molecule has 2 N–H and O–H groups in total. The van der Waals surface area contributed by atoms with E-state index in [-0.39, 0.29) is 6.04 Å². The normalized spacial score (nSPS) is 12.4. The smallest absolute Gasteiger partial charge is 0.133 e. The minimum Gasteiger partial charge on any atom is -0.350 e. The van der Waals surface area contributed by atoms with Crippen LogP contribution < -0.4 is 10.6 Å². The summed E-state index contributed by atoms with van der Waals surface area (Å²) in [4.78, 5) is 6.86. The summed E-state index contributed by atoms with van der Waals surface area (Å²) >= 11 is 0. The number of pyridine rings is 1. The van der Waals surface area contributed by atoms with Gasteiger partial charge in [-0.25, -0.2) is 4.98 Å². The molecule has 0 fully saturated rings. The fourth-order valence-electron chi connectivity index (χ4n) is 2.29. The molecule has 20 heavy (non-hydrogen) atoms. The second-order valence-corrected chi connectivity index (χ2v) is 5.41. The second kappa shape index (κ2) is 6.53. The molecule has 0 aliphatic heterocycles. The van der Waals surface area contributed by atoms with Gasteiger partial charge in [0, 0.05) is 30.4 Å². The van der Waals surface area contributed by atoms with Crippen molar-refractivity contribution < 1.29 is 0 Å². The molecule has 0 saturated carbocycles. The molecule has 0 radical (unpaired) electrons. The van der Waals surface area contributed by atoms with Crippen molar-refractivity contribution in [2.45, 2.75) is 39.4 Å². The van der Waals surface area contributed by atoms with Crippen LogP contribution in [0.1, 0.15) is 37.9 Å². The molecule has 2 aromatic rings. The van der Waals surface area contributed by atoms with Crippen LogP contribution in [0, 0.1) is 0 Å².